The second-order valence-corrected chi connectivity index (χ2v) is 3.88. The smallest absolute Gasteiger partial charge is 0.133 e. The predicted molar refractivity (Wildman–Crippen MR) is 61.9 cm³/mol. The van der Waals surface area contributed by atoms with Gasteiger partial charge in [0.1, 0.15) is 5.76 Å². The molecule has 1 N–H and O–H groups in total. The minimum absolute atomic E-state index is 0.745. The maximum atomic E-state index is 4.99. The lowest BCUT2D eigenvalue weighted by molar-refractivity contribution is 0.388. The Bertz CT molecular complexity index is 445. The van der Waals surface area contributed by atoms with Crippen molar-refractivity contribution < 1.29 is 4.52 Å². The molecule has 2 heterocycles. The van der Waals surface area contributed by atoms with Crippen LogP contribution in [-0.4, -0.2) is 9.72 Å². The quantitative estimate of drug-likeness (QED) is 0.837. The van der Waals surface area contributed by atoms with E-state index in [1.807, 2.05) is 13.0 Å². The third kappa shape index (κ3) is 2.73. The summed E-state index contributed by atoms with van der Waals surface area (Å²) in [7, 11) is 0. The second kappa shape index (κ2) is 4.99. The molecule has 0 radical (unpaired) electrons. The molecule has 2 rings (SSSR count). The van der Waals surface area contributed by atoms with Gasteiger partial charge in [-0.1, -0.05) is 5.16 Å². The molecule has 4 heteroatoms. The van der Waals surface area contributed by atoms with E-state index in [1.165, 1.54) is 5.56 Å². The zero-order chi connectivity index (χ0) is 11.4. The molecule has 0 amide bonds. The molecular weight excluding hydrogens is 202 g/mol. The SMILES string of the molecule is CCn1ccc(CNCc2cc(C)on2)c1. The number of aryl methyl sites for hydroxylation is 2. The summed E-state index contributed by atoms with van der Waals surface area (Å²) in [5.41, 5.74) is 2.24. The van der Waals surface area contributed by atoms with Crippen LogP contribution in [0.5, 0.6) is 0 Å². The zero-order valence-electron chi connectivity index (χ0n) is 9.73. The summed E-state index contributed by atoms with van der Waals surface area (Å²) in [4.78, 5) is 0. The molecule has 0 spiro atoms. The van der Waals surface area contributed by atoms with E-state index < -0.39 is 0 Å². The molecule has 2 aromatic heterocycles. The lowest BCUT2D eigenvalue weighted by Gasteiger charge is -1.99. The van der Waals surface area contributed by atoms with Crippen LogP contribution < -0.4 is 5.32 Å². The topological polar surface area (TPSA) is 43.0 Å². The van der Waals surface area contributed by atoms with Crippen molar-refractivity contribution >= 4 is 0 Å². The van der Waals surface area contributed by atoms with Gasteiger partial charge >= 0.3 is 0 Å². The van der Waals surface area contributed by atoms with Crippen LogP contribution in [0, 0.1) is 6.92 Å². The van der Waals surface area contributed by atoms with E-state index in [0.717, 1.165) is 31.1 Å². The summed E-state index contributed by atoms with van der Waals surface area (Å²) in [5.74, 6) is 0.855. The fourth-order valence-corrected chi connectivity index (χ4v) is 1.63. The van der Waals surface area contributed by atoms with E-state index in [1.54, 1.807) is 0 Å². The lowest BCUT2D eigenvalue weighted by Crippen LogP contribution is -2.12. The van der Waals surface area contributed by atoms with Gasteiger partial charge in [-0.25, -0.2) is 0 Å². The third-order valence-electron chi connectivity index (χ3n) is 2.49. The molecule has 0 saturated carbocycles. The molecule has 0 saturated heterocycles. The fourth-order valence-electron chi connectivity index (χ4n) is 1.63. The van der Waals surface area contributed by atoms with Crippen LogP contribution in [0.4, 0.5) is 0 Å². The van der Waals surface area contributed by atoms with Crippen LogP contribution in [0.3, 0.4) is 0 Å². The molecule has 0 aliphatic heterocycles. The van der Waals surface area contributed by atoms with Gasteiger partial charge in [0.2, 0.25) is 0 Å². The molecule has 0 bridgehead atoms. The monoisotopic (exact) mass is 219 g/mol. The highest BCUT2D eigenvalue weighted by Crippen LogP contribution is 2.03. The van der Waals surface area contributed by atoms with Crippen LogP contribution in [0.15, 0.2) is 29.0 Å². The fraction of sp³-hybridized carbons (Fsp3) is 0.417. The summed E-state index contributed by atoms with van der Waals surface area (Å²) >= 11 is 0. The minimum Gasteiger partial charge on any atom is -0.361 e. The first-order chi connectivity index (χ1) is 7.78. The van der Waals surface area contributed by atoms with Crippen molar-refractivity contribution in [1.29, 1.82) is 0 Å². The van der Waals surface area contributed by atoms with E-state index in [4.69, 9.17) is 4.52 Å². The van der Waals surface area contributed by atoms with Crippen molar-refractivity contribution in [3.05, 3.63) is 41.5 Å². The van der Waals surface area contributed by atoms with Gasteiger partial charge in [-0.05, 0) is 25.5 Å². The van der Waals surface area contributed by atoms with Gasteiger partial charge in [0.15, 0.2) is 0 Å². The highest BCUT2D eigenvalue weighted by Gasteiger charge is 2.00. The standard InChI is InChI=1S/C12H17N3O/c1-3-15-5-4-11(9-15)7-13-8-12-6-10(2)16-14-12/h4-6,9,13H,3,7-8H2,1-2H3. The number of aromatic nitrogens is 2. The Morgan fingerprint density at radius 2 is 2.31 bits per heavy atom. The number of nitrogens with one attached hydrogen (secondary N) is 1. The van der Waals surface area contributed by atoms with Gasteiger partial charge in [-0.2, -0.15) is 0 Å². The van der Waals surface area contributed by atoms with Gasteiger partial charge in [0.25, 0.3) is 0 Å². The summed E-state index contributed by atoms with van der Waals surface area (Å²) in [5, 5.41) is 7.26. The molecule has 0 aromatic carbocycles. The Morgan fingerprint density at radius 3 is 2.94 bits per heavy atom. The molecule has 4 nitrogen and oxygen atoms in total. The number of hydrogen-bond donors (Lipinski definition) is 1. The first-order valence-corrected chi connectivity index (χ1v) is 5.55. The molecule has 0 fully saturated rings. The molecule has 16 heavy (non-hydrogen) atoms. The summed E-state index contributed by atoms with van der Waals surface area (Å²) in [6.07, 6.45) is 4.25. The van der Waals surface area contributed by atoms with E-state index in [-0.39, 0.29) is 0 Å². The maximum absolute atomic E-state index is 4.99. The average molecular weight is 219 g/mol. The van der Waals surface area contributed by atoms with Crippen LogP contribution in [0.1, 0.15) is 23.9 Å². The zero-order valence-corrected chi connectivity index (χ0v) is 9.73. The van der Waals surface area contributed by atoms with Crippen LogP contribution in [0.25, 0.3) is 0 Å². The maximum Gasteiger partial charge on any atom is 0.133 e. The van der Waals surface area contributed by atoms with Gasteiger partial charge < -0.3 is 14.4 Å². The van der Waals surface area contributed by atoms with Gasteiger partial charge in [-0.3, -0.25) is 0 Å². The molecular formula is C12H17N3O. The van der Waals surface area contributed by atoms with Crippen LogP contribution in [-0.2, 0) is 19.6 Å². The van der Waals surface area contributed by atoms with Crippen molar-refractivity contribution in [3.8, 4) is 0 Å². The summed E-state index contributed by atoms with van der Waals surface area (Å²) in [6, 6.07) is 4.08. The second-order valence-electron chi connectivity index (χ2n) is 3.88. The Morgan fingerprint density at radius 1 is 1.44 bits per heavy atom. The van der Waals surface area contributed by atoms with E-state index in [9.17, 15) is 0 Å². The molecule has 2 aromatic rings. The van der Waals surface area contributed by atoms with Crippen LogP contribution >= 0.6 is 0 Å². The molecule has 86 valence electrons. The number of rotatable bonds is 5. The molecule has 0 aliphatic rings. The number of nitrogens with zero attached hydrogens (tertiary/aromatic N) is 2. The highest BCUT2D eigenvalue weighted by molar-refractivity contribution is 5.10. The highest BCUT2D eigenvalue weighted by atomic mass is 16.5. The first kappa shape index (κ1) is 11.0. The Hall–Kier alpha value is -1.55. The summed E-state index contributed by atoms with van der Waals surface area (Å²) < 4.78 is 7.16. The van der Waals surface area contributed by atoms with E-state index >= 15 is 0 Å². The van der Waals surface area contributed by atoms with Crippen molar-refractivity contribution in [1.82, 2.24) is 15.0 Å². The van der Waals surface area contributed by atoms with Crippen molar-refractivity contribution in [3.63, 3.8) is 0 Å². The largest absolute Gasteiger partial charge is 0.361 e. The van der Waals surface area contributed by atoms with E-state index in [0.29, 0.717) is 0 Å². The Kier molecular flexibility index (Phi) is 3.41. The van der Waals surface area contributed by atoms with Crippen molar-refractivity contribution in [2.45, 2.75) is 33.5 Å². The van der Waals surface area contributed by atoms with Crippen molar-refractivity contribution in [2.75, 3.05) is 0 Å². The first-order valence-electron chi connectivity index (χ1n) is 5.55. The molecule has 0 aliphatic carbocycles. The Labute approximate surface area is 95.2 Å². The van der Waals surface area contributed by atoms with Gasteiger partial charge in [0.05, 0.1) is 5.69 Å². The average Bonchev–Trinajstić information content (AvgIpc) is 2.88. The van der Waals surface area contributed by atoms with Gasteiger partial charge in [-0.15, -0.1) is 0 Å². The third-order valence-corrected chi connectivity index (χ3v) is 2.49. The normalized spacial score (nSPS) is 10.9. The van der Waals surface area contributed by atoms with Gasteiger partial charge in [0, 0.05) is 38.1 Å². The minimum atomic E-state index is 0.745. The van der Waals surface area contributed by atoms with Crippen LogP contribution in [0.2, 0.25) is 0 Å². The number of hydrogen-bond acceptors (Lipinski definition) is 3. The molecule has 0 unspecified atom stereocenters. The lowest BCUT2D eigenvalue weighted by atomic mass is 10.3. The summed E-state index contributed by atoms with van der Waals surface area (Å²) in [6.45, 7) is 6.66. The Balaban J connectivity index is 1.79. The van der Waals surface area contributed by atoms with E-state index in [2.05, 4.69) is 40.4 Å². The van der Waals surface area contributed by atoms with Crippen molar-refractivity contribution in [2.24, 2.45) is 0 Å². The predicted octanol–water partition coefficient (Wildman–Crippen LogP) is 2.09. The molecule has 0 atom stereocenters.